The van der Waals surface area contributed by atoms with E-state index in [1.807, 2.05) is 13.8 Å². The van der Waals surface area contributed by atoms with E-state index in [0.717, 1.165) is 6.54 Å². The Labute approximate surface area is 100 Å². The first-order valence-electron chi connectivity index (χ1n) is 6.57. The van der Waals surface area contributed by atoms with Crippen LogP contribution in [0.4, 0.5) is 0 Å². The van der Waals surface area contributed by atoms with E-state index >= 15 is 0 Å². The zero-order chi connectivity index (χ0) is 12.1. The van der Waals surface area contributed by atoms with Gasteiger partial charge in [-0.15, -0.1) is 0 Å². The highest BCUT2D eigenvalue weighted by Crippen LogP contribution is 2.20. The van der Waals surface area contributed by atoms with Gasteiger partial charge in [0.2, 0.25) is 0 Å². The van der Waals surface area contributed by atoms with Crippen molar-refractivity contribution in [2.24, 2.45) is 0 Å². The number of piperidine rings is 1. The summed E-state index contributed by atoms with van der Waals surface area (Å²) in [5, 5.41) is 3.53. The molecule has 3 nitrogen and oxygen atoms in total. The van der Waals surface area contributed by atoms with Crippen LogP contribution in [-0.2, 0) is 0 Å². The third kappa shape index (κ3) is 2.98. The molecule has 2 rings (SSSR count). The van der Waals surface area contributed by atoms with Gasteiger partial charge >= 0.3 is 0 Å². The molecule has 0 radical (unpaired) electrons. The van der Waals surface area contributed by atoms with Crippen molar-refractivity contribution in [1.29, 1.82) is 0 Å². The average Bonchev–Trinajstić information content (AvgIpc) is 2.31. The first-order chi connectivity index (χ1) is 7.70. The molecule has 16 heavy (non-hydrogen) atoms. The van der Waals surface area contributed by atoms with E-state index in [1.54, 1.807) is 0 Å². The van der Waals surface area contributed by atoms with Crippen molar-refractivity contribution in [3.8, 4) is 0 Å². The number of nitrogens with zero attached hydrogens (tertiary/aromatic N) is 2. The summed E-state index contributed by atoms with van der Waals surface area (Å²) in [4.78, 5) is 4.97. The number of likely N-dealkylation sites (N-methyl/N-ethyl adjacent to an activating group) is 2. The van der Waals surface area contributed by atoms with Gasteiger partial charge in [0.1, 0.15) is 0 Å². The third-order valence-corrected chi connectivity index (χ3v) is 3.51. The molecule has 0 bridgehead atoms. The fraction of sp³-hybridized carbons (Fsp3) is 0.846. The standard InChI is InChI=1S/C11H21N3.C2H6/c1-4-14-6-5-10-11(8-14)13(3)7-9(2)12-10;1-2/h10-12H,2,4-8H2,1,3H3;1-2H3. The van der Waals surface area contributed by atoms with Crippen LogP contribution in [0.1, 0.15) is 27.2 Å². The molecule has 2 aliphatic rings. The highest BCUT2D eigenvalue weighted by Gasteiger charge is 2.34. The Morgan fingerprint density at radius 3 is 2.75 bits per heavy atom. The van der Waals surface area contributed by atoms with E-state index < -0.39 is 0 Å². The summed E-state index contributed by atoms with van der Waals surface area (Å²) in [5.41, 5.74) is 1.18. The predicted molar refractivity (Wildman–Crippen MR) is 70.6 cm³/mol. The molecule has 0 aromatic rings. The Hall–Kier alpha value is -0.540. The zero-order valence-corrected chi connectivity index (χ0v) is 11.3. The molecular formula is C13H27N3. The van der Waals surface area contributed by atoms with Gasteiger partial charge in [0.25, 0.3) is 0 Å². The molecule has 0 spiro atoms. The lowest BCUT2D eigenvalue weighted by atomic mass is 9.95. The Morgan fingerprint density at radius 2 is 2.12 bits per heavy atom. The van der Waals surface area contributed by atoms with Crippen LogP contribution in [0.2, 0.25) is 0 Å². The second-order valence-electron chi connectivity index (χ2n) is 4.52. The van der Waals surface area contributed by atoms with Crippen LogP contribution in [0.15, 0.2) is 12.3 Å². The Kier molecular flexibility index (Phi) is 5.29. The number of hydrogen-bond donors (Lipinski definition) is 1. The summed E-state index contributed by atoms with van der Waals surface area (Å²) in [5.74, 6) is 0. The van der Waals surface area contributed by atoms with Crippen LogP contribution >= 0.6 is 0 Å². The minimum Gasteiger partial charge on any atom is -0.383 e. The van der Waals surface area contributed by atoms with Gasteiger partial charge in [-0.2, -0.15) is 0 Å². The fourth-order valence-corrected chi connectivity index (χ4v) is 2.63. The molecule has 2 unspecified atom stereocenters. The molecule has 2 heterocycles. The Balaban J connectivity index is 0.000000606. The van der Waals surface area contributed by atoms with E-state index in [-0.39, 0.29) is 0 Å². The van der Waals surface area contributed by atoms with Crippen molar-refractivity contribution in [1.82, 2.24) is 15.1 Å². The van der Waals surface area contributed by atoms with Crippen molar-refractivity contribution < 1.29 is 0 Å². The highest BCUT2D eigenvalue weighted by atomic mass is 15.3. The lowest BCUT2D eigenvalue weighted by Crippen LogP contribution is -2.62. The van der Waals surface area contributed by atoms with E-state index in [1.165, 1.54) is 31.8 Å². The van der Waals surface area contributed by atoms with Crippen LogP contribution in [-0.4, -0.2) is 55.1 Å². The number of rotatable bonds is 1. The predicted octanol–water partition coefficient (Wildman–Crippen LogP) is 1.52. The Morgan fingerprint density at radius 1 is 1.44 bits per heavy atom. The summed E-state index contributed by atoms with van der Waals surface area (Å²) in [7, 11) is 2.21. The molecular weight excluding hydrogens is 198 g/mol. The van der Waals surface area contributed by atoms with Gasteiger partial charge in [0, 0.05) is 37.4 Å². The van der Waals surface area contributed by atoms with Gasteiger partial charge in [-0.1, -0.05) is 27.4 Å². The van der Waals surface area contributed by atoms with Crippen LogP contribution < -0.4 is 5.32 Å². The van der Waals surface area contributed by atoms with Crippen molar-refractivity contribution in [2.75, 3.05) is 33.2 Å². The maximum Gasteiger partial charge on any atom is 0.0438 e. The molecule has 0 aromatic heterocycles. The highest BCUT2D eigenvalue weighted by molar-refractivity contribution is 5.07. The van der Waals surface area contributed by atoms with Crippen molar-refractivity contribution in [3.05, 3.63) is 12.3 Å². The topological polar surface area (TPSA) is 18.5 Å². The first-order valence-corrected chi connectivity index (χ1v) is 6.57. The lowest BCUT2D eigenvalue weighted by molar-refractivity contribution is 0.0779. The molecule has 2 atom stereocenters. The van der Waals surface area contributed by atoms with E-state index in [2.05, 4.69) is 35.7 Å². The molecule has 0 aliphatic carbocycles. The summed E-state index contributed by atoms with van der Waals surface area (Å²) >= 11 is 0. The summed E-state index contributed by atoms with van der Waals surface area (Å²) < 4.78 is 0. The number of fused-ring (bicyclic) bond motifs is 1. The quantitative estimate of drug-likeness (QED) is 0.730. The van der Waals surface area contributed by atoms with Crippen LogP contribution in [0.3, 0.4) is 0 Å². The second kappa shape index (κ2) is 6.26. The van der Waals surface area contributed by atoms with Crippen LogP contribution in [0.5, 0.6) is 0 Å². The van der Waals surface area contributed by atoms with Gasteiger partial charge in [-0.3, -0.25) is 4.90 Å². The number of piperazine rings is 1. The normalized spacial score (nSPS) is 31.1. The van der Waals surface area contributed by atoms with E-state index in [4.69, 9.17) is 0 Å². The van der Waals surface area contributed by atoms with Gasteiger partial charge in [-0.05, 0) is 20.0 Å². The summed E-state index contributed by atoms with van der Waals surface area (Å²) in [6, 6.07) is 1.30. The Bertz CT molecular complexity index is 227. The van der Waals surface area contributed by atoms with Gasteiger partial charge in [0.15, 0.2) is 0 Å². The van der Waals surface area contributed by atoms with Crippen molar-refractivity contribution >= 4 is 0 Å². The third-order valence-electron chi connectivity index (χ3n) is 3.51. The van der Waals surface area contributed by atoms with Crippen molar-refractivity contribution in [2.45, 2.75) is 39.3 Å². The smallest absolute Gasteiger partial charge is 0.0438 e. The molecule has 94 valence electrons. The van der Waals surface area contributed by atoms with E-state index in [0.29, 0.717) is 12.1 Å². The van der Waals surface area contributed by atoms with Crippen molar-refractivity contribution in [3.63, 3.8) is 0 Å². The maximum absolute atomic E-state index is 4.03. The minimum atomic E-state index is 0.629. The first kappa shape index (κ1) is 13.5. The molecule has 2 aliphatic heterocycles. The maximum atomic E-state index is 4.03. The molecule has 1 N–H and O–H groups in total. The molecule has 0 saturated carbocycles. The SMILES string of the molecule is C=C1CN(C)C2CN(CC)CCC2N1.CC. The summed E-state index contributed by atoms with van der Waals surface area (Å²) in [6.45, 7) is 14.9. The summed E-state index contributed by atoms with van der Waals surface area (Å²) in [6.07, 6.45) is 1.25. The largest absolute Gasteiger partial charge is 0.383 e. The number of nitrogens with one attached hydrogen (secondary N) is 1. The molecule has 0 amide bonds. The molecule has 0 aromatic carbocycles. The fourth-order valence-electron chi connectivity index (χ4n) is 2.63. The molecule has 2 fully saturated rings. The number of likely N-dealkylation sites (tertiary alicyclic amines) is 1. The minimum absolute atomic E-state index is 0.629. The second-order valence-corrected chi connectivity index (χ2v) is 4.52. The van der Waals surface area contributed by atoms with Gasteiger partial charge < -0.3 is 10.2 Å². The van der Waals surface area contributed by atoms with Crippen LogP contribution in [0.25, 0.3) is 0 Å². The molecule has 3 heteroatoms. The average molecular weight is 225 g/mol. The van der Waals surface area contributed by atoms with E-state index in [9.17, 15) is 0 Å². The van der Waals surface area contributed by atoms with Crippen LogP contribution in [0, 0.1) is 0 Å². The zero-order valence-electron chi connectivity index (χ0n) is 11.3. The molecule has 2 saturated heterocycles. The monoisotopic (exact) mass is 225 g/mol. The van der Waals surface area contributed by atoms with Gasteiger partial charge in [-0.25, -0.2) is 0 Å². The number of hydrogen-bond acceptors (Lipinski definition) is 3. The lowest BCUT2D eigenvalue weighted by Gasteiger charge is -2.47. The van der Waals surface area contributed by atoms with Gasteiger partial charge in [0.05, 0.1) is 0 Å².